The molecular formula is C16H19ClN2O2. The molecule has 112 valence electrons. The van der Waals surface area contributed by atoms with Gasteiger partial charge in [-0.2, -0.15) is 0 Å². The van der Waals surface area contributed by atoms with Crippen LogP contribution >= 0.6 is 12.4 Å². The highest BCUT2D eigenvalue weighted by Crippen LogP contribution is 2.18. The maximum atomic E-state index is 12.4. The summed E-state index contributed by atoms with van der Waals surface area (Å²) in [5.74, 6) is 1.69. The first-order valence-corrected chi connectivity index (χ1v) is 6.77. The first kappa shape index (κ1) is 15.6. The summed E-state index contributed by atoms with van der Waals surface area (Å²) >= 11 is 0. The normalized spacial score (nSPS) is 12.7. The minimum absolute atomic E-state index is 0. The molecule has 4 nitrogen and oxygen atoms in total. The molecule has 0 aliphatic carbocycles. The number of hydrogen-bond donors (Lipinski definition) is 1. The Bertz CT molecular complexity index is 651. The lowest BCUT2D eigenvalue weighted by atomic mass is 10.1. The SMILES string of the molecule is Cc1ccc(CN(C)C(=O)c2ccc3c(c2)CNC3)o1.Cl. The Kier molecular flexibility index (Phi) is 4.70. The zero-order valence-corrected chi connectivity index (χ0v) is 13.0. The molecular weight excluding hydrogens is 288 g/mol. The second-order valence-electron chi connectivity index (χ2n) is 5.26. The minimum Gasteiger partial charge on any atom is -0.464 e. The summed E-state index contributed by atoms with van der Waals surface area (Å²) in [5, 5.41) is 3.29. The van der Waals surface area contributed by atoms with Crippen LogP contribution in [0.1, 0.15) is 33.0 Å². The van der Waals surface area contributed by atoms with E-state index >= 15 is 0 Å². The summed E-state index contributed by atoms with van der Waals surface area (Å²) in [6.07, 6.45) is 0. The van der Waals surface area contributed by atoms with Crippen molar-refractivity contribution >= 4 is 18.3 Å². The van der Waals surface area contributed by atoms with Gasteiger partial charge in [0.25, 0.3) is 5.91 Å². The number of hydrogen-bond acceptors (Lipinski definition) is 3. The van der Waals surface area contributed by atoms with E-state index in [2.05, 4.69) is 5.32 Å². The van der Waals surface area contributed by atoms with Crippen molar-refractivity contribution in [2.24, 2.45) is 0 Å². The summed E-state index contributed by atoms with van der Waals surface area (Å²) in [5.41, 5.74) is 3.24. The van der Waals surface area contributed by atoms with Crippen LogP contribution in [0.3, 0.4) is 0 Å². The van der Waals surface area contributed by atoms with E-state index < -0.39 is 0 Å². The quantitative estimate of drug-likeness (QED) is 0.948. The molecule has 5 heteroatoms. The highest BCUT2D eigenvalue weighted by Gasteiger charge is 2.17. The van der Waals surface area contributed by atoms with Crippen LogP contribution in [0.5, 0.6) is 0 Å². The number of carbonyl (C=O) groups excluding carboxylic acids is 1. The predicted octanol–water partition coefficient (Wildman–Crippen LogP) is 2.89. The lowest BCUT2D eigenvalue weighted by molar-refractivity contribution is 0.0775. The van der Waals surface area contributed by atoms with E-state index in [1.807, 2.05) is 37.3 Å². The van der Waals surface area contributed by atoms with E-state index in [0.29, 0.717) is 6.54 Å². The lowest BCUT2D eigenvalue weighted by Gasteiger charge is -2.16. The largest absolute Gasteiger partial charge is 0.464 e. The molecule has 1 aliphatic heterocycles. The average Bonchev–Trinajstić information content (AvgIpc) is 3.05. The maximum Gasteiger partial charge on any atom is 0.254 e. The van der Waals surface area contributed by atoms with Crippen molar-refractivity contribution in [3.63, 3.8) is 0 Å². The number of furan rings is 1. The third-order valence-corrected chi connectivity index (χ3v) is 3.62. The molecule has 0 atom stereocenters. The van der Waals surface area contributed by atoms with Crippen LogP contribution in [0.2, 0.25) is 0 Å². The fraction of sp³-hybridized carbons (Fsp3) is 0.312. The van der Waals surface area contributed by atoms with Crippen molar-refractivity contribution in [1.29, 1.82) is 0 Å². The molecule has 0 fully saturated rings. The van der Waals surface area contributed by atoms with Gasteiger partial charge in [-0.05, 0) is 42.3 Å². The van der Waals surface area contributed by atoms with E-state index in [-0.39, 0.29) is 18.3 Å². The van der Waals surface area contributed by atoms with E-state index in [1.54, 1.807) is 11.9 Å². The smallest absolute Gasteiger partial charge is 0.254 e. The van der Waals surface area contributed by atoms with Gasteiger partial charge in [0.1, 0.15) is 11.5 Å². The highest BCUT2D eigenvalue weighted by molar-refractivity contribution is 5.94. The van der Waals surface area contributed by atoms with E-state index in [4.69, 9.17) is 4.42 Å². The Morgan fingerprint density at radius 2 is 2.00 bits per heavy atom. The summed E-state index contributed by atoms with van der Waals surface area (Å²) in [6, 6.07) is 9.74. The molecule has 1 aromatic carbocycles. The molecule has 1 N–H and O–H groups in total. The predicted molar refractivity (Wildman–Crippen MR) is 83.5 cm³/mol. The van der Waals surface area contributed by atoms with Gasteiger partial charge in [-0.3, -0.25) is 4.79 Å². The molecule has 2 heterocycles. The van der Waals surface area contributed by atoms with E-state index in [0.717, 1.165) is 30.2 Å². The van der Waals surface area contributed by atoms with Gasteiger partial charge in [-0.15, -0.1) is 12.4 Å². The van der Waals surface area contributed by atoms with Crippen molar-refractivity contribution in [2.45, 2.75) is 26.6 Å². The number of amides is 1. The third kappa shape index (κ3) is 3.28. The number of fused-ring (bicyclic) bond motifs is 1. The number of aryl methyl sites for hydroxylation is 1. The number of halogens is 1. The first-order chi connectivity index (χ1) is 9.63. The van der Waals surface area contributed by atoms with Gasteiger partial charge in [0.15, 0.2) is 0 Å². The number of benzene rings is 1. The molecule has 1 aromatic heterocycles. The number of nitrogens with zero attached hydrogens (tertiary/aromatic N) is 1. The molecule has 0 bridgehead atoms. The molecule has 1 aliphatic rings. The maximum absolute atomic E-state index is 12.4. The summed E-state index contributed by atoms with van der Waals surface area (Å²) in [7, 11) is 1.80. The van der Waals surface area contributed by atoms with Crippen LogP contribution in [-0.4, -0.2) is 17.9 Å². The molecule has 3 rings (SSSR count). The lowest BCUT2D eigenvalue weighted by Crippen LogP contribution is -2.26. The monoisotopic (exact) mass is 306 g/mol. The fourth-order valence-corrected chi connectivity index (χ4v) is 2.52. The second kappa shape index (κ2) is 6.33. The summed E-state index contributed by atoms with van der Waals surface area (Å²) in [6.45, 7) is 4.13. The topological polar surface area (TPSA) is 45.5 Å². The summed E-state index contributed by atoms with van der Waals surface area (Å²) < 4.78 is 5.51. The van der Waals surface area contributed by atoms with Gasteiger partial charge in [0, 0.05) is 25.7 Å². The van der Waals surface area contributed by atoms with Gasteiger partial charge >= 0.3 is 0 Å². The average molecular weight is 307 g/mol. The Morgan fingerprint density at radius 3 is 2.71 bits per heavy atom. The number of rotatable bonds is 3. The fourth-order valence-electron chi connectivity index (χ4n) is 2.52. The van der Waals surface area contributed by atoms with E-state index in [9.17, 15) is 4.79 Å². The Morgan fingerprint density at radius 1 is 1.24 bits per heavy atom. The Hall–Kier alpha value is -1.78. The Labute approximate surface area is 130 Å². The van der Waals surface area contributed by atoms with Crippen molar-refractivity contribution in [3.05, 3.63) is 58.5 Å². The first-order valence-electron chi connectivity index (χ1n) is 6.77. The number of carbonyl (C=O) groups is 1. The van der Waals surface area contributed by atoms with Gasteiger partial charge < -0.3 is 14.6 Å². The molecule has 2 aromatic rings. The molecule has 0 radical (unpaired) electrons. The van der Waals surface area contributed by atoms with Crippen LogP contribution < -0.4 is 5.32 Å². The number of nitrogens with one attached hydrogen (secondary N) is 1. The van der Waals surface area contributed by atoms with Crippen LogP contribution in [0, 0.1) is 6.92 Å². The molecule has 1 amide bonds. The standard InChI is InChI=1S/C16H18N2O2.ClH/c1-11-3-6-15(20-11)10-18(2)16(19)12-4-5-13-8-17-9-14(13)7-12;/h3-7,17H,8-10H2,1-2H3;1H. The zero-order chi connectivity index (χ0) is 14.1. The molecule has 0 spiro atoms. The molecule has 0 unspecified atom stereocenters. The Balaban J connectivity index is 0.00000161. The van der Waals surface area contributed by atoms with Crippen molar-refractivity contribution in [1.82, 2.24) is 10.2 Å². The summed E-state index contributed by atoms with van der Waals surface area (Å²) in [4.78, 5) is 14.1. The van der Waals surface area contributed by atoms with Crippen molar-refractivity contribution < 1.29 is 9.21 Å². The van der Waals surface area contributed by atoms with Crippen molar-refractivity contribution in [2.75, 3.05) is 7.05 Å². The van der Waals surface area contributed by atoms with Gasteiger partial charge in [0.2, 0.25) is 0 Å². The molecule has 0 saturated carbocycles. The van der Waals surface area contributed by atoms with Crippen LogP contribution in [0.25, 0.3) is 0 Å². The van der Waals surface area contributed by atoms with E-state index in [1.165, 1.54) is 11.1 Å². The van der Waals surface area contributed by atoms with Gasteiger partial charge in [-0.25, -0.2) is 0 Å². The van der Waals surface area contributed by atoms with Crippen molar-refractivity contribution in [3.8, 4) is 0 Å². The van der Waals surface area contributed by atoms with Gasteiger partial charge in [0.05, 0.1) is 6.54 Å². The zero-order valence-electron chi connectivity index (χ0n) is 12.2. The second-order valence-corrected chi connectivity index (χ2v) is 5.26. The van der Waals surface area contributed by atoms with Crippen LogP contribution in [0.15, 0.2) is 34.7 Å². The van der Waals surface area contributed by atoms with Gasteiger partial charge in [-0.1, -0.05) is 6.07 Å². The highest BCUT2D eigenvalue weighted by atomic mass is 35.5. The third-order valence-electron chi connectivity index (χ3n) is 3.62. The van der Waals surface area contributed by atoms with Crippen LogP contribution in [-0.2, 0) is 19.6 Å². The minimum atomic E-state index is 0. The molecule has 0 saturated heterocycles. The van der Waals surface area contributed by atoms with Crippen LogP contribution in [0.4, 0.5) is 0 Å². The molecule has 21 heavy (non-hydrogen) atoms.